The van der Waals surface area contributed by atoms with Crippen molar-refractivity contribution in [1.29, 1.82) is 0 Å². The van der Waals surface area contributed by atoms with E-state index in [0.29, 0.717) is 0 Å². The van der Waals surface area contributed by atoms with Crippen LogP contribution < -0.4 is 4.90 Å². The number of anilines is 3. The molecular weight excluding hydrogens is 831 g/mol. The zero-order valence-electron chi connectivity index (χ0n) is 43.0. The Morgan fingerprint density at radius 3 is 1.25 bits per heavy atom. The third-order valence-electron chi connectivity index (χ3n) is 13.9. The van der Waals surface area contributed by atoms with Gasteiger partial charge in [-0.05, 0) is 141 Å². The van der Waals surface area contributed by atoms with Gasteiger partial charge >= 0.3 is 0 Å². The van der Waals surface area contributed by atoms with Crippen molar-refractivity contribution in [2.24, 2.45) is 0 Å². The fourth-order valence-corrected chi connectivity index (χ4v) is 9.64. The molecule has 0 bridgehead atoms. The minimum Gasteiger partial charge on any atom is -0.310 e. The third kappa shape index (κ3) is 9.84. The summed E-state index contributed by atoms with van der Waals surface area (Å²) in [4.78, 5) is 2.51. The molecule has 9 aromatic rings. The molecule has 0 atom stereocenters. The van der Waals surface area contributed by atoms with Gasteiger partial charge in [-0.2, -0.15) is 0 Å². The minimum atomic E-state index is -0.0640. The lowest BCUT2D eigenvalue weighted by Gasteiger charge is -2.32. The van der Waals surface area contributed by atoms with Crippen molar-refractivity contribution in [2.45, 2.75) is 105 Å². The van der Waals surface area contributed by atoms with Gasteiger partial charge in [-0.15, -0.1) is 0 Å². The van der Waals surface area contributed by atoms with E-state index in [1.165, 1.54) is 88.7 Å². The van der Waals surface area contributed by atoms with Gasteiger partial charge in [0.1, 0.15) is 0 Å². The van der Waals surface area contributed by atoms with Crippen LogP contribution in [0, 0.1) is 0 Å². The maximum atomic E-state index is 2.51. The van der Waals surface area contributed by atoms with Gasteiger partial charge in [0.15, 0.2) is 0 Å². The molecule has 9 rings (SSSR count). The van der Waals surface area contributed by atoms with Crippen molar-refractivity contribution >= 4 is 27.8 Å². The molecule has 0 heterocycles. The molecule has 0 unspecified atom stereocenters. The first-order chi connectivity index (χ1) is 32.7. The van der Waals surface area contributed by atoms with Gasteiger partial charge < -0.3 is 4.90 Å². The van der Waals surface area contributed by atoms with Crippen LogP contribution in [0.1, 0.15) is 105 Å². The summed E-state index contributed by atoms with van der Waals surface area (Å²) in [6.07, 6.45) is 0. The maximum absolute atomic E-state index is 2.51. The highest BCUT2D eigenvalue weighted by Crippen LogP contribution is 2.48. The van der Waals surface area contributed by atoms with Crippen LogP contribution in [-0.2, 0) is 21.7 Å². The van der Waals surface area contributed by atoms with E-state index in [0.717, 1.165) is 17.1 Å². The Balaban J connectivity index is 1.26. The van der Waals surface area contributed by atoms with Crippen molar-refractivity contribution in [3.8, 4) is 55.6 Å². The van der Waals surface area contributed by atoms with E-state index < -0.39 is 0 Å². The molecule has 9 aromatic carbocycles. The summed E-state index contributed by atoms with van der Waals surface area (Å²) < 4.78 is 0. The third-order valence-corrected chi connectivity index (χ3v) is 13.9. The minimum absolute atomic E-state index is 0.00459. The number of benzene rings is 9. The van der Waals surface area contributed by atoms with Crippen LogP contribution >= 0.6 is 0 Å². The van der Waals surface area contributed by atoms with Crippen LogP contribution in [0.25, 0.3) is 66.4 Å². The van der Waals surface area contributed by atoms with Gasteiger partial charge in [-0.1, -0.05) is 247 Å². The number of rotatable bonds is 8. The Morgan fingerprint density at radius 2 is 0.710 bits per heavy atom. The molecular formula is C68H69N. The quantitative estimate of drug-likeness (QED) is 0.147. The van der Waals surface area contributed by atoms with E-state index in [1.807, 2.05) is 0 Å². The lowest BCUT2D eigenvalue weighted by atomic mass is 9.78. The fourth-order valence-electron chi connectivity index (χ4n) is 9.64. The molecule has 69 heavy (non-hydrogen) atoms. The molecule has 0 amide bonds. The largest absolute Gasteiger partial charge is 0.310 e. The van der Waals surface area contributed by atoms with E-state index in [1.54, 1.807) is 0 Å². The predicted molar refractivity (Wildman–Crippen MR) is 301 cm³/mol. The molecule has 0 saturated heterocycles. The Bertz CT molecular complexity index is 3200. The lowest BCUT2D eigenvalue weighted by Crippen LogP contribution is -2.19. The molecule has 0 aliphatic rings. The average Bonchev–Trinajstić information content (AvgIpc) is 3.33. The topological polar surface area (TPSA) is 3.24 Å². The first-order valence-corrected chi connectivity index (χ1v) is 24.8. The molecule has 0 saturated carbocycles. The summed E-state index contributed by atoms with van der Waals surface area (Å²) >= 11 is 0. The van der Waals surface area contributed by atoms with E-state index >= 15 is 0 Å². The van der Waals surface area contributed by atoms with Gasteiger partial charge in [0.05, 0.1) is 5.69 Å². The molecule has 1 heteroatoms. The number of nitrogens with zero attached hydrogens (tertiary/aromatic N) is 1. The molecule has 0 aliphatic carbocycles. The van der Waals surface area contributed by atoms with E-state index in [2.05, 4.69) is 288 Å². The van der Waals surface area contributed by atoms with Gasteiger partial charge in [0.25, 0.3) is 0 Å². The summed E-state index contributed by atoms with van der Waals surface area (Å²) in [7, 11) is 0. The first kappa shape index (κ1) is 47.1. The smallest absolute Gasteiger partial charge is 0.0540 e. The van der Waals surface area contributed by atoms with Gasteiger partial charge in [-0.3, -0.25) is 0 Å². The van der Waals surface area contributed by atoms with Gasteiger partial charge in [0.2, 0.25) is 0 Å². The van der Waals surface area contributed by atoms with Crippen molar-refractivity contribution in [2.75, 3.05) is 4.90 Å². The van der Waals surface area contributed by atoms with Crippen molar-refractivity contribution < 1.29 is 0 Å². The van der Waals surface area contributed by atoms with Crippen LogP contribution in [0.4, 0.5) is 17.1 Å². The summed E-state index contributed by atoms with van der Waals surface area (Å²) in [6, 6.07) is 75.0. The average molecular weight is 900 g/mol. The zero-order chi connectivity index (χ0) is 48.9. The summed E-state index contributed by atoms with van der Waals surface area (Å²) in [6.45, 7) is 27.9. The highest BCUT2D eigenvalue weighted by molar-refractivity contribution is 6.09. The van der Waals surface area contributed by atoms with Crippen LogP contribution in [0.5, 0.6) is 0 Å². The standard InChI is InChI=1S/C68H69N/c1-65(2,3)52-39-51(40-53(42-52)66(4,5)6)59-30-21-27-49-28-22-31-61(64(49)59)60-29-19-20-32-63(60)69(57-44-54(67(7,8)9)43-55(45-57)68(10,11)12)56-36-33-46(34-37-56)50-35-38-58(47-23-15-13-16-24-47)62(41-50)48-25-17-14-18-26-48/h13-45H,1-12H3. The molecule has 0 radical (unpaired) electrons. The monoisotopic (exact) mass is 900 g/mol. The molecule has 346 valence electrons. The van der Waals surface area contributed by atoms with Gasteiger partial charge in [-0.25, -0.2) is 0 Å². The van der Waals surface area contributed by atoms with Crippen molar-refractivity contribution in [1.82, 2.24) is 0 Å². The molecule has 0 aromatic heterocycles. The van der Waals surface area contributed by atoms with Crippen LogP contribution in [0.2, 0.25) is 0 Å². The van der Waals surface area contributed by atoms with E-state index in [4.69, 9.17) is 0 Å². The fraction of sp³-hybridized carbons (Fsp3) is 0.235. The molecule has 1 nitrogen and oxygen atoms in total. The number of fused-ring (bicyclic) bond motifs is 1. The maximum Gasteiger partial charge on any atom is 0.0540 e. The number of para-hydroxylation sites is 1. The second-order valence-electron chi connectivity index (χ2n) is 23.2. The van der Waals surface area contributed by atoms with Crippen LogP contribution in [0.3, 0.4) is 0 Å². The summed E-state index contributed by atoms with van der Waals surface area (Å²) in [5.74, 6) is 0. The predicted octanol–water partition coefficient (Wildman–Crippen LogP) is 19.8. The Kier molecular flexibility index (Phi) is 12.4. The molecule has 0 spiro atoms. The Hall–Kier alpha value is -6.96. The summed E-state index contributed by atoms with van der Waals surface area (Å²) in [5.41, 5.74) is 20.7. The lowest BCUT2D eigenvalue weighted by molar-refractivity contribution is 0.568. The van der Waals surface area contributed by atoms with Crippen LogP contribution in [-0.4, -0.2) is 0 Å². The zero-order valence-corrected chi connectivity index (χ0v) is 43.0. The highest BCUT2D eigenvalue weighted by Gasteiger charge is 2.27. The van der Waals surface area contributed by atoms with Gasteiger partial charge in [0, 0.05) is 16.9 Å². The Labute approximate surface area is 413 Å². The number of hydrogen-bond acceptors (Lipinski definition) is 1. The van der Waals surface area contributed by atoms with E-state index in [-0.39, 0.29) is 21.7 Å². The molecule has 0 aliphatic heterocycles. The second-order valence-corrected chi connectivity index (χ2v) is 23.2. The van der Waals surface area contributed by atoms with Crippen LogP contribution in [0.15, 0.2) is 200 Å². The highest BCUT2D eigenvalue weighted by atomic mass is 15.1. The summed E-state index contributed by atoms with van der Waals surface area (Å²) in [5, 5.41) is 2.49. The van der Waals surface area contributed by atoms with Crippen molar-refractivity contribution in [3.05, 3.63) is 222 Å². The SMILES string of the molecule is CC(C)(C)c1cc(-c2cccc3cccc(-c4ccccc4N(c4ccc(-c5ccc(-c6ccccc6)c(-c6ccccc6)c5)cc4)c4cc(C(C)(C)C)cc(C(C)(C)C)c4)c23)cc(C(C)(C)C)c1. The van der Waals surface area contributed by atoms with E-state index in [9.17, 15) is 0 Å². The molecule has 0 fully saturated rings. The number of hydrogen-bond donors (Lipinski definition) is 0. The molecule has 0 N–H and O–H groups in total. The van der Waals surface area contributed by atoms with Crippen molar-refractivity contribution in [3.63, 3.8) is 0 Å². The Morgan fingerprint density at radius 1 is 0.261 bits per heavy atom. The normalized spacial score (nSPS) is 12.3. The first-order valence-electron chi connectivity index (χ1n) is 24.8. The second kappa shape index (κ2) is 18.2.